The summed E-state index contributed by atoms with van der Waals surface area (Å²) < 4.78 is 17.8. The molecule has 0 aliphatic carbocycles. The van der Waals surface area contributed by atoms with E-state index in [1.165, 1.54) is 5.69 Å². The van der Waals surface area contributed by atoms with E-state index in [-0.39, 0.29) is 0 Å². The second kappa shape index (κ2) is 10.5. The summed E-state index contributed by atoms with van der Waals surface area (Å²) in [5.41, 5.74) is 4.12. The molecule has 3 aromatic carbocycles. The lowest BCUT2D eigenvalue weighted by Crippen LogP contribution is -2.36. The number of halogens is 1. The molecule has 0 aromatic heterocycles. The normalized spacial score (nSPS) is 14.1. The average Bonchev–Trinajstić information content (AvgIpc) is 2.83. The van der Waals surface area contributed by atoms with E-state index in [4.69, 9.17) is 14.2 Å². The zero-order valence-electron chi connectivity index (χ0n) is 17.5. The van der Waals surface area contributed by atoms with Crippen LogP contribution in [0.4, 0.5) is 11.4 Å². The predicted molar refractivity (Wildman–Crippen MR) is 128 cm³/mol. The number of rotatable bonds is 7. The lowest BCUT2D eigenvalue weighted by molar-refractivity contribution is 0.122. The molecule has 6 heteroatoms. The van der Waals surface area contributed by atoms with Gasteiger partial charge in [0.15, 0.2) is 11.5 Å². The summed E-state index contributed by atoms with van der Waals surface area (Å²) in [7, 11) is 1.64. The van der Waals surface area contributed by atoms with Gasteiger partial charge in [-0.05, 0) is 57.9 Å². The Kier molecular flexibility index (Phi) is 7.22. The van der Waals surface area contributed by atoms with Crippen molar-refractivity contribution in [3.8, 4) is 11.5 Å². The van der Waals surface area contributed by atoms with E-state index < -0.39 is 0 Å². The average molecular weight is 481 g/mol. The highest BCUT2D eigenvalue weighted by molar-refractivity contribution is 9.10. The van der Waals surface area contributed by atoms with Crippen LogP contribution in [0.25, 0.3) is 0 Å². The Morgan fingerprint density at radius 2 is 1.74 bits per heavy atom. The van der Waals surface area contributed by atoms with Crippen molar-refractivity contribution < 1.29 is 14.2 Å². The number of aliphatic imine (C=N–C) groups is 1. The zero-order chi connectivity index (χ0) is 21.5. The molecule has 1 fully saturated rings. The highest BCUT2D eigenvalue weighted by Crippen LogP contribution is 2.34. The Balaban J connectivity index is 1.45. The number of hydrogen-bond acceptors (Lipinski definition) is 5. The first-order chi connectivity index (χ1) is 15.2. The molecular formula is C25H25BrN2O3. The molecule has 1 aliphatic heterocycles. The smallest absolute Gasteiger partial charge is 0.162 e. The summed E-state index contributed by atoms with van der Waals surface area (Å²) in [6.07, 6.45) is 1.83. The Bertz CT molecular complexity index is 1020. The zero-order valence-corrected chi connectivity index (χ0v) is 19.0. The van der Waals surface area contributed by atoms with Gasteiger partial charge in [-0.15, -0.1) is 0 Å². The van der Waals surface area contributed by atoms with E-state index in [1.807, 2.05) is 60.8 Å². The fourth-order valence-corrected chi connectivity index (χ4v) is 3.80. The third-order valence-corrected chi connectivity index (χ3v) is 5.79. The number of nitrogens with zero attached hydrogens (tertiary/aromatic N) is 2. The number of methoxy groups -OCH3 is 1. The van der Waals surface area contributed by atoms with Gasteiger partial charge in [-0.25, -0.2) is 0 Å². The molecule has 3 aromatic rings. The van der Waals surface area contributed by atoms with Gasteiger partial charge in [-0.3, -0.25) is 4.99 Å². The van der Waals surface area contributed by atoms with Crippen LogP contribution in [0.5, 0.6) is 11.5 Å². The molecule has 5 nitrogen and oxygen atoms in total. The largest absolute Gasteiger partial charge is 0.493 e. The first kappa shape index (κ1) is 21.4. The van der Waals surface area contributed by atoms with Crippen molar-refractivity contribution in [2.75, 3.05) is 38.3 Å². The number of morpholine rings is 1. The standard InChI is InChI=1S/C25H25BrN2O3/c1-29-24-15-20(23(26)16-25(24)31-18-19-5-3-2-4-6-19)17-27-21-7-9-22(10-8-21)28-11-13-30-14-12-28/h2-10,15-17H,11-14,18H2,1H3. The predicted octanol–water partition coefficient (Wildman–Crippen LogP) is 5.62. The molecule has 0 atom stereocenters. The summed E-state index contributed by atoms with van der Waals surface area (Å²) in [5, 5.41) is 0. The van der Waals surface area contributed by atoms with Crippen molar-refractivity contribution in [2.24, 2.45) is 4.99 Å². The summed E-state index contributed by atoms with van der Waals surface area (Å²) in [5.74, 6) is 1.36. The van der Waals surface area contributed by atoms with Gasteiger partial charge < -0.3 is 19.1 Å². The van der Waals surface area contributed by atoms with Crippen LogP contribution >= 0.6 is 15.9 Å². The van der Waals surface area contributed by atoms with E-state index in [2.05, 4.69) is 38.0 Å². The molecule has 160 valence electrons. The Morgan fingerprint density at radius 3 is 2.45 bits per heavy atom. The van der Waals surface area contributed by atoms with Crippen molar-refractivity contribution in [2.45, 2.75) is 6.61 Å². The minimum absolute atomic E-state index is 0.479. The molecule has 0 radical (unpaired) electrons. The van der Waals surface area contributed by atoms with Gasteiger partial charge in [-0.2, -0.15) is 0 Å². The molecule has 0 spiro atoms. The number of hydrogen-bond donors (Lipinski definition) is 0. The minimum atomic E-state index is 0.479. The third-order valence-electron chi connectivity index (χ3n) is 5.10. The summed E-state index contributed by atoms with van der Waals surface area (Å²) >= 11 is 3.63. The van der Waals surface area contributed by atoms with E-state index in [0.717, 1.165) is 47.6 Å². The molecule has 1 heterocycles. The van der Waals surface area contributed by atoms with Crippen molar-refractivity contribution >= 4 is 33.5 Å². The van der Waals surface area contributed by atoms with Crippen LogP contribution in [-0.4, -0.2) is 39.6 Å². The fraction of sp³-hybridized carbons (Fsp3) is 0.240. The van der Waals surface area contributed by atoms with Crippen LogP contribution in [0.2, 0.25) is 0 Å². The van der Waals surface area contributed by atoms with Gasteiger partial charge in [0.25, 0.3) is 0 Å². The van der Waals surface area contributed by atoms with Gasteiger partial charge in [0.2, 0.25) is 0 Å². The Morgan fingerprint density at radius 1 is 1.00 bits per heavy atom. The summed E-state index contributed by atoms with van der Waals surface area (Å²) in [6, 6.07) is 22.2. The number of benzene rings is 3. The van der Waals surface area contributed by atoms with Gasteiger partial charge in [-0.1, -0.05) is 30.3 Å². The maximum absolute atomic E-state index is 5.97. The second-order valence-electron chi connectivity index (χ2n) is 7.17. The minimum Gasteiger partial charge on any atom is -0.493 e. The van der Waals surface area contributed by atoms with Crippen LogP contribution in [0.15, 0.2) is 76.2 Å². The van der Waals surface area contributed by atoms with Crippen molar-refractivity contribution in [1.29, 1.82) is 0 Å². The topological polar surface area (TPSA) is 43.3 Å². The molecule has 0 bridgehead atoms. The van der Waals surface area contributed by atoms with Crippen LogP contribution in [0.3, 0.4) is 0 Å². The van der Waals surface area contributed by atoms with Crippen LogP contribution < -0.4 is 14.4 Å². The third kappa shape index (κ3) is 5.66. The van der Waals surface area contributed by atoms with Crippen LogP contribution in [-0.2, 0) is 11.3 Å². The molecule has 1 saturated heterocycles. The van der Waals surface area contributed by atoms with E-state index >= 15 is 0 Å². The van der Waals surface area contributed by atoms with Crippen LogP contribution in [0, 0.1) is 0 Å². The Labute approximate surface area is 191 Å². The fourth-order valence-electron chi connectivity index (χ4n) is 3.37. The first-order valence-electron chi connectivity index (χ1n) is 10.2. The van der Waals surface area contributed by atoms with Crippen molar-refractivity contribution in [3.05, 3.63) is 82.3 Å². The number of anilines is 1. The van der Waals surface area contributed by atoms with Gasteiger partial charge in [0.05, 0.1) is 26.0 Å². The maximum Gasteiger partial charge on any atom is 0.162 e. The summed E-state index contributed by atoms with van der Waals surface area (Å²) in [6.45, 7) is 3.89. The van der Waals surface area contributed by atoms with E-state index in [1.54, 1.807) is 7.11 Å². The summed E-state index contributed by atoms with van der Waals surface area (Å²) in [4.78, 5) is 6.95. The molecule has 4 rings (SSSR count). The second-order valence-corrected chi connectivity index (χ2v) is 8.03. The monoisotopic (exact) mass is 480 g/mol. The first-order valence-corrected chi connectivity index (χ1v) is 11.0. The lowest BCUT2D eigenvalue weighted by atomic mass is 10.2. The molecule has 0 saturated carbocycles. The van der Waals surface area contributed by atoms with Gasteiger partial charge in [0, 0.05) is 35.0 Å². The van der Waals surface area contributed by atoms with Gasteiger partial charge >= 0.3 is 0 Å². The Hall–Kier alpha value is -2.83. The highest BCUT2D eigenvalue weighted by Gasteiger charge is 2.11. The van der Waals surface area contributed by atoms with Crippen LogP contribution in [0.1, 0.15) is 11.1 Å². The van der Waals surface area contributed by atoms with E-state index in [9.17, 15) is 0 Å². The molecular weight excluding hydrogens is 456 g/mol. The van der Waals surface area contributed by atoms with Crippen molar-refractivity contribution in [3.63, 3.8) is 0 Å². The highest BCUT2D eigenvalue weighted by atomic mass is 79.9. The van der Waals surface area contributed by atoms with Gasteiger partial charge in [0.1, 0.15) is 6.61 Å². The molecule has 0 N–H and O–H groups in total. The van der Waals surface area contributed by atoms with E-state index in [0.29, 0.717) is 18.1 Å². The molecule has 1 aliphatic rings. The SMILES string of the molecule is COc1cc(C=Nc2ccc(N3CCOCC3)cc2)c(Br)cc1OCc1ccccc1. The molecule has 0 amide bonds. The maximum atomic E-state index is 5.97. The number of ether oxygens (including phenoxy) is 3. The molecule has 31 heavy (non-hydrogen) atoms. The lowest BCUT2D eigenvalue weighted by Gasteiger charge is -2.28. The quantitative estimate of drug-likeness (QED) is 0.411. The van der Waals surface area contributed by atoms with Crippen molar-refractivity contribution in [1.82, 2.24) is 0 Å². The molecule has 0 unspecified atom stereocenters.